The van der Waals surface area contributed by atoms with Crippen LogP contribution in [0.15, 0.2) is 54.6 Å². The SMILES string of the molecule is C[C@H](NC(=O)CCCCN1CCCC1)c1ccc(-c2ccccc2)cc1. The highest BCUT2D eigenvalue weighted by molar-refractivity contribution is 5.76. The van der Waals surface area contributed by atoms with Crippen molar-refractivity contribution in [3.8, 4) is 11.1 Å². The summed E-state index contributed by atoms with van der Waals surface area (Å²) in [6, 6.07) is 18.9. The maximum absolute atomic E-state index is 12.2. The fraction of sp³-hybridized carbons (Fsp3) is 0.435. The van der Waals surface area contributed by atoms with Crippen molar-refractivity contribution < 1.29 is 4.79 Å². The lowest BCUT2D eigenvalue weighted by Crippen LogP contribution is -2.26. The topological polar surface area (TPSA) is 32.3 Å². The molecule has 0 bridgehead atoms. The van der Waals surface area contributed by atoms with E-state index in [-0.39, 0.29) is 11.9 Å². The molecule has 0 aromatic heterocycles. The maximum Gasteiger partial charge on any atom is 0.220 e. The summed E-state index contributed by atoms with van der Waals surface area (Å²) in [6.45, 7) is 5.67. The fourth-order valence-corrected chi connectivity index (χ4v) is 3.62. The Balaban J connectivity index is 1.42. The molecular formula is C23H30N2O. The molecule has 1 N–H and O–H groups in total. The first-order chi connectivity index (χ1) is 12.7. The molecule has 0 aliphatic carbocycles. The third-order valence-electron chi connectivity index (χ3n) is 5.22. The molecule has 1 aliphatic rings. The Kier molecular flexibility index (Phi) is 6.84. The molecule has 0 radical (unpaired) electrons. The van der Waals surface area contributed by atoms with Gasteiger partial charge in [-0.1, -0.05) is 54.6 Å². The molecule has 1 amide bonds. The van der Waals surface area contributed by atoms with Crippen molar-refractivity contribution in [1.29, 1.82) is 0 Å². The van der Waals surface area contributed by atoms with Crippen molar-refractivity contribution in [3.05, 3.63) is 60.2 Å². The summed E-state index contributed by atoms with van der Waals surface area (Å²) in [5.74, 6) is 0.158. The number of unbranched alkanes of at least 4 members (excludes halogenated alkanes) is 1. The quantitative estimate of drug-likeness (QED) is 0.694. The average molecular weight is 351 g/mol. The van der Waals surface area contributed by atoms with Crippen LogP contribution in [0.5, 0.6) is 0 Å². The van der Waals surface area contributed by atoms with Gasteiger partial charge in [-0.15, -0.1) is 0 Å². The van der Waals surface area contributed by atoms with Crippen LogP contribution < -0.4 is 5.32 Å². The summed E-state index contributed by atoms with van der Waals surface area (Å²) in [7, 11) is 0. The van der Waals surface area contributed by atoms with E-state index in [1.807, 2.05) is 6.07 Å². The molecule has 2 aromatic carbocycles. The number of amides is 1. The molecule has 1 atom stereocenters. The lowest BCUT2D eigenvalue weighted by atomic mass is 10.0. The van der Waals surface area contributed by atoms with Gasteiger partial charge in [0.1, 0.15) is 0 Å². The van der Waals surface area contributed by atoms with Crippen molar-refractivity contribution >= 4 is 5.91 Å². The van der Waals surface area contributed by atoms with Gasteiger partial charge in [0.2, 0.25) is 5.91 Å². The number of hydrogen-bond acceptors (Lipinski definition) is 2. The fourth-order valence-electron chi connectivity index (χ4n) is 3.62. The van der Waals surface area contributed by atoms with E-state index in [2.05, 4.69) is 65.7 Å². The van der Waals surface area contributed by atoms with E-state index in [0.717, 1.165) is 24.9 Å². The van der Waals surface area contributed by atoms with Crippen molar-refractivity contribution in [2.75, 3.05) is 19.6 Å². The molecule has 1 heterocycles. The normalized spacial score (nSPS) is 15.7. The lowest BCUT2D eigenvalue weighted by molar-refractivity contribution is -0.121. The number of carbonyl (C=O) groups excluding carboxylic acids is 1. The maximum atomic E-state index is 12.2. The summed E-state index contributed by atoms with van der Waals surface area (Å²) in [5, 5.41) is 3.13. The van der Waals surface area contributed by atoms with E-state index < -0.39 is 0 Å². The van der Waals surface area contributed by atoms with Crippen molar-refractivity contribution in [2.45, 2.75) is 45.1 Å². The Morgan fingerprint density at radius 3 is 2.31 bits per heavy atom. The van der Waals surface area contributed by atoms with Gasteiger partial charge in [-0.25, -0.2) is 0 Å². The van der Waals surface area contributed by atoms with Crippen molar-refractivity contribution in [3.63, 3.8) is 0 Å². The minimum atomic E-state index is 0.0471. The van der Waals surface area contributed by atoms with Gasteiger partial charge in [-0.2, -0.15) is 0 Å². The van der Waals surface area contributed by atoms with Crippen LogP contribution in [0.4, 0.5) is 0 Å². The molecule has 26 heavy (non-hydrogen) atoms. The Bertz CT molecular complexity index is 675. The highest BCUT2D eigenvalue weighted by atomic mass is 16.1. The number of nitrogens with zero attached hydrogens (tertiary/aromatic N) is 1. The van der Waals surface area contributed by atoms with Crippen molar-refractivity contribution in [2.24, 2.45) is 0 Å². The van der Waals surface area contributed by atoms with Gasteiger partial charge in [0.15, 0.2) is 0 Å². The van der Waals surface area contributed by atoms with Gasteiger partial charge in [0, 0.05) is 6.42 Å². The molecule has 2 aromatic rings. The monoisotopic (exact) mass is 350 g/mol. The van der Waals surface area contributed by atoms with Crippen LogP contribution in [-0.2, 0) is 4.79 Å². The highest BCUT2D eigenvalue weighted by Crippen LogP contribution is 2.21. The average Bonchev–Trinajstić information content (AvgIpc) is 3.19. The molecule has 3 heteroatoms. The minimum absolute atomic E-state index is 0.0471. The highest BCUT2D eigenvalue weighted by Gasteiger charge is 2.12. The number of likely N-dealkylation sites (tertiary alicyclic amines) is 1. The van der Waals surface area contributed by atoms with Crippen LogP contribution in [0.3, 0.4) is 0 Å². The third-order valence-corrected chi connectivity index (χ3v) is 5.22. The molecule has 1 saturated heterocycles. The second kappa shape index (κ2) is 9.54. The van der Waals surface area contributed by atoms with E-state index in [9.17, 15) is 4.79 Å². The molecule has 0 unspecified atom stereocenters. The van der Waals surface area contributed by atoms with Crippen LogP contribution in [0.25, 0.3) is 11.1 Å². The Hall–Kier alpha value is -2.13. The molecular weight excluding hydrogens is 320 g/mol. The molecule has 1 fully saturated rings. The summed E-state index contributed by atoms with van der Waals surface area (Å²) in [5.41, 5.74) is 3.57. The second-order valence-corrected chi connectivity index (χ2v) is 7.28. The summed E-state index contributed by atoms with van der Waals surface area (Å²) >= 11 is 0. The van der Waals surface area contributed by atoms with Crippen LogP contribution in [0, 0.1) is 0 Å². The van der Waals surface area contributed by atoms with Gasteiger partial charge in [-0.3, -0.25) is 4.79 Å². The van der Waals surface area contributed by atoms with E-state index >= 15 is 0 Å². The van der Waals surface area contributed by atoms with Gasteiger partial charge in [-0.05, 0) is 68.9 Å². The van der Waals surface area contributed by atoms with Gasteiger partial charge < -0.3 is 10.2 Å². The summed E-state index contributed by atoms with van der Waals surface area (Å²) in [6.07, 6.45) is 5.39. The predicted octanol–water partition coefficient (Wildman–Crippen LogP) is 4.80. The van der Waals surface area contributed by atoms with E-state index in [1.54, 1.807) is 0 Å². The zero-order chi connectivity index (χ0) is 18.2. The molecule has 1 aliphatic heterocycles. The summed E-state index contributed by atoms with van der Waals surface area (Å²) in [4.78, 5) is 14.7. The Morgan fingerprint density at radius 1 is 0.962 bits per heavy atom. The van der Waals surface area contributed by atoms with Crippen LogP contribution in [0.1, 0.15) is 50.6 Å². The van der Waals surface area contributed by atoms with E-state index in [0.29, 0.717) is 6.42 Å². The zero-order valence-electron chi connectivity index (χ0n) is 15.8. The standard InChI is InChI=1S/C23H30N2O/c1-19(24-23(26)11-5-6-16-25-17-7-8-18-25)20-12-14-22(15-13-20)21-9-3-2-4-10-21/h2-4,9-10,12-15,19H,5-8,11,16-18H2,1H3,(H,24,26)/t19-/m0/s1. The predicted molar refractivity (Wildman–Crippen MR) is 108 cm³/mol. The number of carbonyl (C=O) groups is 1. The smallest absolute Gasteiger partial charge is 0.220 e. The van der Waals surface area contributed by atoms with Gasteiger partial charge in [0.05, 0.1) is 6.04 Å². The van der Waals surface area contributed by atoms with Gasteiger partial charge >= 0.3 is 0 Å². The molecule has 0 saturated carbocycles. The number of benzene rings is 2. The van der Waals surface area contributed by atoms with Crippen molar-refractivity contribution in [1.82, 2.24) is 10.2 Å². The van der Waals surface area contributed by atoms with E-state index in [4.69, 9.17) is 0 Å². The van der Waals surface area contributed by atoms with Crippen LogP contribution >= 0.6 is 0 Å². The van der Waals surface area contributed by atoms with Gasteiger partial charge in [0.25, 0.3) is 0 Å². The van der Waals surface area contributed by atoms with E-state index in [1.165, 1.54) is 37.1 Å². The molecule has 0 spiro atoms. The Morgan fingerprint density at radius 2 is 1.62 bits per heavy atom. The minimum Gasteiger partial charge on any atom is -0.350 e. The molecule has 3 nitrogen and oxygen atoms in total. The number of hydrogen-bond donors (Lipinski definition) is 1. The van der Waals surface area contributed by atoms with Crippen LogP contribution in [-0.4, -0.2) is 30.4 Å². The number of nitrogens with one attached hydrogen (secondary N) is 1. The number of rotatable bonds is 8. The first kappa shape index (κ1) is 18.7. The largest absolute Gasteiger partial charge is 0.350 e. The molecule has 138 valence electrons. The first-order valence-corrected chi connectivity index (χ1v) is 9.89. The van der Waals surface area contributed by atoms with Crippen LogP contribution in [0.2, 0.25) is 0 Å². The lowest BCUT2D eigenvalue weighted by Gasteiger charge is -2.16. The first-order valence-electron chi connectivity index (χ1n) is 9.89. The zero-order valence-corrected chi connectivity index (χ0v) is 15.8. The third kappa shape index (κ3) is 5.43. The summed E-state index contributed by atoms with van der Waals surface area (Å²) < 4.78 is 0. The second-order valence-electron chi connectivity index (χ2n) is 7.28. The Labute approximate surface area is 157 Å². The molecule has 3 rings (SSSR count).